The van der Waals surface area contributed by atoms with Crippen molar-refractivity contribution in [2.75, 3.05) is 30.8 Å². The average Bonchev–Trinajstić information content (AvgIpc) is 3.03. The molecule has 1 aliphatic heterocycles. The summed E-state index contributed by atoms with van der Waals surface area (Å²) in [6.45, 7) is 2.83. The summed E-state index contributed by atoms with van der Waals surface area (Å²) in [5.41, 5.74) is 7.94. The lowest BCUT2D eigenvalue weighted by atomic mass is 10.2. The molecule has 116 valence electrons. The molecule has 2 aromatic heterocycles. The van der Waals surface area contributed by atoms with E-state index >= 15 is 0 Å². The van der Waals surface area contributed by atoms with Gasteiger partial charge in [-0.2, -0.15) is 0 Å². The van der Waals surface area contributed by atoms with E-state index in [1.54, 1.807) is 13.3 Å². The van der Waals surface area contributed by atoms with E-state index in [1.807, 2.05) is 30.5 Å². The number of methoxy groups -OCH3 is 1. The van der Waals surface area contributed by atoms with Gasteiger partial charge in [0.15, 0.2) is 0 Å². The Morgan fingerprint density at radius 1 is 1.36 bits per heavy atom. The van der Waals surface area contributed by atoms with Gasteiger partial charge in [-0.15, -0.1) is 0 Å². The topological polar surface area (TPSA) is 76.3 Å². The molecule has 1 saturated heterocycles. The first-order valence-electron chi connectivity index (χ1n) is 7.43. The number of ether oxygens (including phenoxy) is 1. The fourth-order valence-electron chi connectivity index (χ4n) is 2.68. The van der Waals surface area contributed by atoms with Crippen molar-refractivity contribution in [1.29, 1.82) is 0 Å². The highest BCUT2D eigenvalue weighted by Gasteiger charge is 2.22. The molecule has 2 aromatic rings. The lowest BCUT2D eigenvalue weighted by Crippen LogP contribution is -2.32. The van der Waals surface area contributed by atoms with Crippen LogP contribution in [0.1, 0.15) is 12.0 Å². The minimum Gasteiger partial charge on any atom is -0.481 e. The zero-order valence-corrected chi connectivity index (χ0v) is 12.7. The molecule has 6 heteroatoms. The molecule has 0 saturated carbocycles. The van der Waals surface area contributed by atoms with Crippen LogP contribution in [0.5, 0.6) is 5.88 Å². The zero-order valence-electron chi connectivity index (χ0n) is 12.7. The highest BCUT2D eigenvalue weighted by atomic mass is 16.5. The van der Waals surface area contributed by atoms with E-state index in [9.17, 15) is 0 Å². The number of anilines is 2. The predicted molar refractivity (Wildman–Crippen MR) is 86.9 cm³/mol. The van der Waals surface area contributed by atoms with E-state index in [-0.39, 0.29) is 0 Å². The van der Waals surface area contributed by atoms with E-state index < -0.39 is 0 Å². The van der Waals surface area contributed by atoms with Gasteiger partial charge in [0.2, 0.25) is 5.88 Å². The number of nitrogen functional groups attached to an aromatic ring is 1. The van der Waals surface area contributed by atoms with Gasteiger partial charge in [0.25, 0.3) is 0 Å². The number of rotatable bonds is 5. The van der Waals surface area contributed by atoms with Crippen molar-refractivity contribution in [3.63, 3.8) is 0 Å². The van der Waals surface area contributed by atoms with E-state index in [0.29, 0.717) is 17.7 Å². The summed E-state index contributed by atoms with van der Waals surface area (Å²) in [6, 6.07) is 8.31. The third-order valence-electron chi connectivity index (χ3n) is 3.93. The fourth-order valence-corrected chi connectivity index (χ4v) is 2.68. The van der Waals surface area contributed by atoms with E-state index in [2.05, 4.69) is 20.2 Å². The number of aromatic nitrogens is 2. The zero-order chi connectivity index (χ0) is 15.4. The molecule has 0 bridgehead atoms. The first-order chi connectivity index (χ1) is 10.7. The molecule has 1 aliphatic rings. The van der Waals surface area contributed by atoms with Crippen molar-refractivity contribution in [1.82, 2.24) is 15.3 Å². The average molecular weight is 299 g/mol. The Morgan fingerprint density at radius 3 is 3.05 bits per heavy atom. The first-order valence-corrected chi connectivity index (χ1v) is 7.43. The van der Waals surface area contributed by atoms with Crippen molar-refractivity contribution in [2.45, 2.75) is 19.0 Å². The Kier molecular flexibility index (Phi) is 4.39. The molecular formula is C16H21N5O. The lowest BCUT2D eigenvalue weighted by Gasteiger charge is -2.18. The number of pyridine rings is 2. The van der Waals surface area contributed by atoms with Gasteiger partial charge >= 0.3 is 0 Å². The molecule has 0 aliphatic carbocycles. The van der Waals surface area contributed by atoms with Crippen LogP contribution in [0.3, 0.4) is 0 Å². The van der Waals surface area contributed by atoms with Crippen LogP contribution in [0.4, 0.5) is 11.5 Å². The molecule has 22 heavy (non-hydrogen) atoms. The quantitative estimate of drug-likeness (QED) is 0.870. The molecule has 0 unspecified atom stereocenters. The van der Waals surface area contributed by atoms with Crippen molar-refractivity contribution in [2.24, 2.45) is 0 Å². The summed E-state index contributed by atoms with van der Waals surface area (Å²) in [7, 11) is 1.63. The van der Waals surface area contributed by atoms with Gasteiger partial charge in [-0.25, -0.2) is 9.97 Å². The maximum absolute atomic E-state index is 5.63. The Morgan fingerprint density at radius 2 is 2.27 bits per heavy atom. The highest BCUT2D eigenvalue weighted by Crippen LogP contribution is 2.20. The lowest BCUT2D eigenvalue weighted by molar-refractivity contribution is 0.397. The van der Waals surface area contributed by atoms with E-state index in [1.165, 1.54) is 5.56 Å². The van der Waals surface area contributed by atoms with E-state index in [0.717, 1.165) is 31.7 Å². The Balaban J connectivity index is 1.53. The van der Waals surface area contributed by atoms with Gasteiger partial charge in [0.1, 0.15) is 5.82 Å². The van der Waals surface area contributed by atoms with Crippen molar-refractivity contribution in [3.8, 4) is 5.88 Å². The Labute approximate surface area is 130 Å². The van der Waals surface area contributed by atoms with Crippen LogP contribution in [0, 0.1) is 0 Å². The largest absolute Gasteiger partial charge is 0.481 e. The predicted octanol–water partition coefficient (Wildman–Crippen LogP) is 1.44. The standard InChI is InChI=1S/C16H21N5O/c1-22-16-8-12(4-6-18-16)9-19-13-5-7-21(11-13)14-2-3-15(17)20-10-14/h2-4,6,8,10,13,19H,5,7,9,11H2,1H3,(H2,17,20)/t13-/m0/s1. The van der Waals surface area contributed by atoms with E-state index in [4.69, 9.17) is 10.5 Å². The van der Waals surface area contributed by atoms with Crippen LogP contribution < -0.4 is 20.7 Å². The fraction of sp³-hybridized carbons (Fsp3) is 0.375. The summed E-state index contributed by atoms with van der Waals surface area (Å²) in [5, 5.41) is 3.59. The number of hydrogen-bond donors (Lipinski definition) is 2. The van der Waals surface area contributed by atoms with Crippen LogP contribution in [0.15, 0.2) is 36.7 Å². The first kappa shape index (κ1) is 14.6. The number of nitrogens with two attached hydrogens (primary N) is 1. The molecule has 0 aromatic carbocycles. The monoisotopic (exact) mass is 299 g/mol. The smallest absolute Gasteiger partial charge is 0.213 e. The minimum absolute atomic E-state index is 0.469. The summed E-state index contributed by atoms with van der Waals surface area (Å²) in [4.78, 5) is 10.6. The molecule has 3 N–H and O–H groups in total. The van der Waals surface area contributed by atoms with Crippen LogP contribution in [0.25, 0.3) is 0 Å². The molecule has 0 radical (unpaired) electrons. The summed E-state index contributed by atoms with van der Waals surface area (Å²) < 4.78 is 5.15. The third kappa shape index (κ3) is 3.46. The Bertz CT molecular complexity index is 616. The van der Waals surface area contributed by atoms with Gasteiger partial charge in [0.05, 0.1) is 19.0 Å². The SMILES string of the molecule is COc1cc(CN[C@H]2CCN(c3ccc(N)nc3)C2)ccn1. The molecule has 3 heterocycles. The maximum atomic E-state index is 5.63. The van der Waals surface area contributed by atoms with Gasteiger partial charge in [0, 0.05) is 37.9 Å². The third-order valence-corrected chi connectivity index (χ3v) is 3.93. The molecule has 1 atom stereocenters. The maximum Gasteiger partial charge on any atom is 0.213 e. The number of hydrogen-bond acceptors (Lipinski definition) is 6. The van der Waals surface area contributed by atoms with Gasteiger partial charge in [-0.3, -0.25) is 0 Å². The summed E-state index contributed by atoms with van der Waals surface area (Å²) in [5.74, 6) is 1.21. The second-order valence-electron chi connectivity index (χ2n) is 5.46. The number of nitrogens with one attached hydrogen (secondary N) is 1. The van der Waals surface area contributed by atoms with Crippen LogP contribution >= 0.6 is 0 Å². The molecular weight excluding hydrogens is 278 g/mol. The van der Waals surface area contributed by atoms with Gasteiger partial charge < -0.3 is 20.7 Å². The number of nitrogens with zero attached hydrogens (tertiary/aromatic N) is 3. The molecule has 1 fully saturated rings. The Hall–Kier alpha value is -2.34. The van der Waals surface area contributed by atoms with Crippen molar-refractivity contribution in [3.05, 3.63) is 42.2 Å². The minimum atomic E-state index is 0.469. The molecule has 0 amide bonds. The normalized spacial score (nSPS) is 17.7. The van der Waals surface area contributed by atoms with Crippen LogP contribution in [0.2, 0.25) is 0 Å². The van der Waals surface area contributed by atoms with Crippen LogP contribution in [-0.2, 0) is 6.54 Å². The highest BCUT2D eigenvalue weighted by molar-refractivity contribution is 5.49. The van der Waals surface area contributed by atoms with Gasteiger partial charge in [-0.05, 0) is 30.2 Å². The molecule has 6 nitrogen and oxygen atoms in total. The second-order valence-corrected chi connectivity index (χ2v) is 5.46. The summed E-state index contributed by atoms with van der Waals surface area (Å²) >= 11 is 0. The molecule has 3 rings (SSSR count). The summed E-state index contributed by atoms with van der Waals surface area (Å²) in [6.07, 6.45) is 4.73. The molecule has 0 spiro atoms. The van der Waals surface area contributed by atoms with Crippen molar-refractivity contribution >= 4 is 11.5 Å². The second kappa shape index (κ2) is 6.62. The van der Waals surface area contributed by atoms with Crippen LogP contribution in [-0.4, -0.2) is 36.2 Å². The van der Waals surface area contributed by atoms with Crippen molar-refractivity contribution < 1.29 is 4.74 Å². The van der Waals surface area contributed by atoms with Gasteiger partial charge in [-0.1, -0.05) is 0 Å².